The molecule has 0 radical (unpaired) electrons. The van der Waals surface area contributed by atoms with Crippen LogP contribution >= 0.6 is 15.9 Å². The molecule has 0 atom stereocenters. The van der Waals surface area contributed by atoms with Gasteiger partial charge in [0.1, 0.15) is 5.82 Å². The second-order valence-corrected chi connectivity index (χ2v) is 5.95. The fraction of sp³-hybridized carbons (Fsp3) is 0.312. The summed E-state index contributed by atoms with van der Waals surface area (Å²) in [5.41, 5.74) is 1.29. The van der Waals surface area contributed by atoms with Crippen molar-refractivity contribution < 1.29 is 0 Å². The third kappa shape index (κ3) is 4.62. The lowest BCUT2D eigenvalue weighted by molar-refractivity contribution is 0.412. The highest BCUT2D eigenvalue weighted by Crippen LogP contribution is 2.16. The standard InChI is InChI=1S/C16H20BrN3/c1-19(2)11-12-20(16-5-3-4-10-18-16)13-14-6-8-15(17)9-7-14/h3-10H,11-13H2,1-2H3. The number of pyridine rings is 1. The topological polar surface area (TPSA) is 19.4 Å². The number of benzene rings is 1. The maximum absolute atomic E-state index is 4.47. The van der Waals surface area contributed by atoms with Crippen LogP contribution in [0, 0.1) is 0 Å². The average Bonchev–Trinajstić information content (AvgIpc) is 2.46. The van der Waals surface area contributed by atoms with Gasteiger partial charge in [0.2, 0.25) is 0 Å². The summed E-state index contributed by atoms with van der Waals surface area (Å²) in [6, 6.07) is 14.5. The molecule has 0 bridgehead atoms. The summed E-state index contributed by atoms with van der Waals surface area (Å²) in [7, 11) is 4.19. The molecular weight excluding hydrogens is 314 g/mol. The Bertz CT molecular complexity index is 511. The maximum Gasteiger partial charge on any atom is 0.128 e. The molecular formula is C16H20BrN3. The van der Waals surface area contributed by atoms with E-state index >= 15 is 0 Å². The van der Waals surface area contributed by atoms with E-state index in [0.717, 1.165) is 29.9 Å². The van der Waals surface area contributed by atoms with E-state index in [0.29, 0.717) is 0 Å². The minimum absolute atomic E-state index is 0.873. The Kier molecular flexibility index (Phi) is 5.56. The second-order valence-electron chi connectivity index (χ2n) is 5.04. The molecule has 1 aromatic heterocycles. The minimum atomic E-state index is 0.873. The van der Waals surface area contributed by atoms with Crippen LogP contribution in [0.2, 0.25) is 0 Å². The molecule has 3 nitrogen and oxygen atoms in total. The number of halogens is 1. The number of rotatable bonds is 6. The molecule has 106 valence electrons. The Hall–Kier alpha value is -1.39. The van der Waals surface area contributed by atoms with Gasteiger partial charge in [-0.3, -0.25) is 0 Å². The van der Waals surface area contributed by atoms with Gasteiger partial charge in [-0.15, -0.1) is 0 Å². The van der Waals surface area contributed by atoms with Crippen molar-refractivity contribution in [3.05, 3.63) is 58.7 Å². The van der Waals surface area contributed by atoms with Gasteiger partial charge >= 0.3 is 0 Å². The molecule has 2 rings (SSSR count). The van der Waals surface area contributed by atoms with Crippen LogP contribution < -0.4 is 4.90 Å². The van der Waals surface area contributed by atoms with Gasteiger partial charge in [-0.1, -0.05) is 34.1 Å². The number of hydrogen-bond donors (Lipinski definition) is 0. The first-order valence-corrected chi connectivity index (χ1v) is 7.49. The number of likely N-dealkylation sites (N-methyl/N-ethyl adjacent to an activating group) is 1. The van der Waals surface area contributed by atoms with E-state index in [1.54, 1.807) is 0 Å². The van der Waals surface area contributed by atoms with Gasteiger partial charge in [0, 0.05) is 30.3 Å². The van der Waals surface area contributed by atoms with Crippen LogP contribution in [0.25, 0.3) is 0 Å². The van der Waals surface area contributed by atoms with E-state index in [9.17, 15) is 0 Å². The molecule has 4 heteroatoms. The summed E-state index contributed by atoms with van der Waals surface area (Å²) in [5, 5.41) is 0. The Labute approximate surface area is 129 Å². The first-order valence-electron chi connectivity index (χ1n) is 6.70. The third-order valence-electron chi connectivity index (χ3n) is 3.08. The molecule has 0 spiro atoms. The van der Waals surface area contributed by atoms with Crippen molar-refractivity contribution in [2.24, 2.45) is 0 Å². The van der Waals surface area contributed by atoms with Crippen LogP contribution in [-0.4, -0.2) is 37.1 Å². The van der Waals surface area contributed by atoms with E-state index < -0.39 is 0 Å². The van der Waals surface area contributed by atoms with Crippen molar-refractivity contribution >= 4 is 21.7 Å². The Morgan fingerprint density at radius 3 is 2.35 bits per heavy atom. The lowest BCUT2D eigenvalue weighted by atomic mass is 10.2. The van der Waals surface area contributed by atoms with Crippen LogP contribution in [0.4, 0.5) is 5.82 Å². The SMILES string of the molecule is CN(C)CCN(Cc1ccc(Br)cc1)c1ccccn1. The number of nitrogens with zero attached hydrogens (tertiary/aromatic N) is 3. The fourth-order valence-corrected chi connectivity index (χ4v) is 2.21. The van der Waals surface area contributed by atoms with Gasteiger partial charge in [-0.05, 0) is 43.9 Å². The normalized spacial score (nSPS) is 10.8. The van der Waals surface area contributed by atoms with Crippen LogP contribution in [0.5, 0.6) is 0 Å². The van der Waals surface area contributed by atoms with Crippen LogP contribution in [0.15, 0.2) is 53.1 Å². The zero-order chi connectivity index (χ0) is 14.4. The molecule has 20 heavy (non-hydrogen) atoms. The fourth-order valence-electron chi connectivity index (χ4n) is 1.95. The van der Waals surface area contributed by atoms with Gasteiger partial charge in [-0.2, -0.15) is 0 Å². The van der Waals surface area contributed by atoms with Gasteiger partial charge < -0.3 is 9.80 Å². The average molecular weight is 334 g/mol. The van der Waals surface area contributed by atoms with Crippen molar-refractivity contribution in [1.82, 2.24) is 9.88 Å². The molecule has 0 fully saturated rings. The number of anilines is 1. The summed E-state index contributed by atoms with van der Waals surface area (Å²) >= 11 is 3.47. The minimum Gasteiger partial charge on any atom is -0.351 e. The van der Waals surface area contributed by atoms with E-state index in [1.807, 2.05) is 18.3 Å². The van der Waals surface area contributed by atoms with Crippen LogP contribution in [-0.2, 0) is 6.54 Å². The summed E-state index contributed by atoms with van der Waals surface area (Å²) in [6.45, 7) is 2.84. The second kappa shape index (κ2) is 7.41. The zero-order valence-corrected chi connectivity index (χ0v) is 13.5. The lowest BCUT2D eigenvalue weighted by Gasteiger charge is -2.25. The third-order valence-corrected chi connectivity index (χ3v) is 3.61. The van der Waals surface area contributed by atoms with E-state index in [-0.39, 0.29) is 0 Å². The zero-order valence-electron chi connectivity index (χ0n) is 12.0. The van der Waals surface area contributed by atoms with Crippen molar-refractivity contribution in [3.8, 4) is 0 Å². The smallest absolute Gasteiger partial charge is 0.128 e. The van der Waals surface area contributed by atoms with Crippen molar-refractivity contribution in [2.75, 3.05) is 32.1 Å². The molecule has 2 aromatic rings. The first-order chi connectivity index (χ1) is 9.65. The molecule has 0 saturated carbocycles. The highest BCUT2D eigenvalue weighted by atomic mass is 79.9. The van der Waals surface area contributed by atoms with E-state index in [1.165, 1.54) is 5.56 Å². The maximum atomic E-state index is 4.47. The molecule has 0 amide bonds. The summed E-state index contributed by atoms with van der Waals surface area (Å²) in [4.78, 5) is 8.97. The van der Waals surface area contributed by atoms with Crippen LogP contribution in [0.3, 0.4) is 0 Å². The van der Waals surface area contributed by atoms with Crippen molar-refractivity contribution in [1.29, 1.82) is 0 Å². The highest BCUT2D eigenvalue weighted by molar-refractivity contribution is 9.10. The number of hydrogen-bond acceptors (Lipinski definition) is 3. The Morgan fingerprint density at radius 1 is 1.00 bits per heavy atom. The quantitative estimate of drug-likeness (QED) is 0.807. The molecule has 0 unspecified atom stereocenters. The highest BCUT2D eigenvalue weighted by Gasteiger charge is 2.08. The van der Waals surface area contributed by atoms with Crippen molar-refractivity contribution in [2.45, 2.75) is 6.54 Å². The molecule has 0 aliphatic heterocycles. The van der Waals surface area contributed by atoms with E-state index in [4.69, 9.17) is 0 Å². The summed E-state index contributed by atoms with van der Waals surface area (Å²) < 4.78 is 1.11. The van der Waals surface area contributed by atoms with Gasteiger partial charge in [0.05, 0.1) is 0 Å². The van der Waals surface area contributed by atoms with Crippen LogP contribution in [0.1, 0.15) is 5.56 Å². The monoisotopic (exact) mass is 333 g/mol. The molecule has 0 saturated heterocycles. The number of aromatic nitrogens is 1. The largest absolute Gasteiger partial charge is 0.351 e. The van der Waals surface area contributed by atoms with Gasteiger partial charge in [0.15, 0.2) is 0 Å². The van der Waals surface area contributed by atoms with E-state index in [2.05, 4.69) is 75.1 Å². The molecule has 1 heterocycles. The molecule has 0 aliphatic rings. The predicted molar refractivity (Wildman–Crippen MR) is 88.0 cm³/mol. The first kappa shape index (κ1) is 15.0. The lowest BCUT2D eigenvalue weighted by Crippen LogP contribution is -2.31. The Balaban J connectivity index is 2.12. The molecule has 1 aromatic carbocycles. The van der Waals surface area contributed by atoms with Gasteiger partial charge in [0.25, 0.3) is 0 Å². The predicted octanol–water partition coefficient (Wildman–Crippen LogP) is 3.41. The molecule has 0 N–H and O–H groups in total. The van der Waals surface area contributed by atoms with Crippen molar-refractivity contribution in [3.63, 3.8) is 0 Å². The van der Waals surface area contributed by atoms with Gasteiger partial charge in [-0.25, -0.2) is 4.98 Å². The summed E-state index contributed by atoms with van der Waals surface area (Å²) in [5.74, 6) is 1.03. The summed E-state index contributed by atoms with van der Waals surface area (Å²) in [6.07, 6.45) is 1.85. The Morgan fingerprint density at radius 2 is 1.75 bits per heavy atom. The molecule has 0 aliphatic carbocycles.